The number of hydrogen-bond donors (Lipinski definition) is 2. The lowest BCUT2D eigenvalue weighted by molar-refractivity contribution is 0.0938. The van der Waals surface area contributed by atoms with Crippen molar-refractivity contribution in [3.63, 3.8) is 0 Å². The van der Waals surface area contributed by atoms with E-state index >= 15 is 0 Å². The van der Waals surface area contributed by atoms with Crippen LogP contribution in [0.25, 0.3) is 0 Å². The Morgan fingerprint density at radius 1 is 1.16 bits per heavy atom. The topological polar surface area (TPSA) is 80.0 Å². The van der Waals surface area contributed by atoms with E-state index < -0.39 is 12.0 Å². The van der Waals surface area contributed by atoms with Crippen molar-refractivity contribution in [2.24, 2.45) is 0 Å². The van der Waals surface area contributed by atoms with Crippen molar-refractivity contribution in [1.29, 1.82) is 0 Å². The van der Waals surface area contributed by atoms with Crippen LogP contribution in [0.5, 0.6) is 0 Å². The third-order valence-electron chi connectivity index (χ3n) is 3.65. The highest BCUT2D eigenvalue weighted by Gasteiger charge is 2.14. The first-order valence-corrected chi connectivity index (χ1v) is 7.77. The van der Waals surface area contributed by atoms with Crippen LogP contribution >= 0.6 is 0 Å². The minimum atomic E-state index is -0.738. The van der Waals surface area contributed by atoms with Crippen LogP contribution in [0.4, 0.5) is 4.39 Å². The molecule has 0 saturated heterocycles. The summed E-state index contributed by atoms with van der Waals surface area (Å²) in [6.45, 7) is 0.447. The highest BCUT2D eigenvalue weighted by atomic mass is 19.1. The molecule has 0 aliphatic heterocycles. The first-order chi connectivity index (χ1) is 12.1. The zero-order valence-electron chi connectivity index (χ0n) is 13.3. The highest BCUT2D eigenvalue weighted by Crippen LogP contribution is 2.13. The Labute approximate surface area is 144 Å². The summed E-state index contributed by atoms with van der Waals surface area (Å²) in [6, 6.07) is 15.0. The molecule has 1 amide bonds. The fourth-order valence-corrected chi connectivity index (χ4v) is 2.31. The van der Waals surface area contributed by atoms with Crippen molar-refractivity contribution in [3.05, 3.63) is 83.7 Å². The molecule has 2 aromatic carbocycles. The Morgan fingerprint density at radius 2 is 1.88 bits per heavy atom. The highest BCUT2D eigenvalue weighted by molar-refractivity contribution is 5.90. The molecule has 7 heteroatoms. The summed E-state index contributed by atoms with van der Waals surface area (Å²) in [4.78, 5) is 16.0. The van der Waals surface area contributed by atoms with Crippen molar-refractivity contribution < 1.29 is 14.3 Å². The lowest BCUT2D eigenvalue weighted by atomic mass is 10.1. The summed E-state index contributed by atoms with van der Waals surface area (Å²) >= 11 is 0. The Kier molecular flexibility index (Phi) is 5.15. The number of aliphatic hydroxyl groups excluding tert-OH is 1. The molecule has 0 spiro atoms. The quantitative estimate of drug-likeness (QED) is 0.720. The van der Waals surface area contributed by atoms with Crippen LogP contribution in [-0.4, -0.2) is 25.8 Å². The lowest BCUT2D eigenvalue weighted by Gasteiger charge is -2.10. The van der Waals surface area contributed by atoms with E-state index in [2.05, 4.69) is 15.4 Å². The van der Waals surface area contributed by atoms with Gasteiger partial charge in [0.2, 0.25) is 5.82 Å². The SMILES string of the molecule is O=C(NCc1ccc(F)cc1)c1ncn(CC(O)c2ccccc2)n1. The van der Waals surface area contributed by atoms with E-state index in [-0.39, 0.29) is 24.7 Å². The number of hydrogen-bond acceptors (Lipinski definition) is 4. The van der Waals surface area contributed by atoms with Gasteiger partial charge in [0.05, 0.1) is 12.6 Å². The van der Waals surface area contributed by atoms with Gasteiger partial charge >= 0.3 is 0 Å². The first kappa shape index (κ1) is 16.8. The number of rotatable bonds is 6. The maximum Gasteiger partial charge on any atom is 0.291 e. The molecule has 0 fully saturated rings. The van der Waals surface area contributed by atoms with Crippen LogP contribution in [0.3, 0.4) is 0 Å². The molecule has 0 saturated carbocycles. The van der Waals surface area contributed by atoms with Gasteiger partial charge in [-0.25, -0.2) is 14.1 Å². The Bertz CT molecular complexity index is 834. The Morgan fingerprint density at radius 3 is 2.60 bits per heavy atom. The number of carbonyl (C=O) groups excluding carboxylic acids is 1. The average Bonchev–Trinajstić information content (AvgIpc) is 3.10. The standard InChI is InChI=1S/C18H17FN4O2/c19-15-8-6-13(7-9-15)10-20-18(25)17-21-12-23(22-17)11-16(24)14-4-2-1-3-5-14/h1-9,12,16,24H,10-11H2,(H,20,25). The zero-order valence-corrected chi connectivity index (χ0v) is 13.3. The van der Waals surface area contributed by atoms with Gasteiger partial charge < -0.3 is 10.4 Å². The van der Waals surface area contributed by atoms with Gasteiger partial charge in [-0.15, -0.1) is 5.10 Å². The van der Waals surface area contributed by atoms with Gasteiger partial charge in [0.1, 0.15) is 12.1 Å². The molecule has 128 valence electrons. The second-order valence-corrected chi connectivity index (χ2v) is 5.53. The fraction of sp³-hybridized carbons (Fsp3) is 0.167. The molecule has 1 unspecified atom stereocenters. The second kappa shape index (κ2) is 7.67. The van der Waals surface area contributed by atoms with Crippen molar-refractivity contribution in [2.45, 2.75) is 19.2 Å². The van der Waals surface area contributed by atoms with E-state index in [1.54, 1.807) is 12.1 Å². The summed E-state index contributed by atoms with van der Waals surface area (Å²) in [5, 5.41) is 16.9. The summed E-state index contributed by atoms with van der Waals surface area (Å²) in [5.74, 6) is -0.743. The molecule has 1 heterocycles. The average molecular weight is 340 g/mol. The minimum absolute atomic E-state index is 0.0161. The third-order valence-corrected chi connectivity index (χ3v) is 3.65. The van der Waals surface area contributed by atoms with Gasteiger partial charge in [0, 0.05) is 6.54 Å². The van der Waals surface area contributed by atoms with E-state index in [1.807, 2.05) is 30.3 Å². The van der Waals surface area contributed by atoms with E-state index in [1.165, 1.54) is 23.1 Å². The second-order valence-electron chi connectivity index (χ2n) is 5.53. The van der Waals surface area contributed by atoms with Gasteiger partial charge in [-0.05, 0) is 23.3 Å². The van der Waals surface area contributed by atoms with Crippen LogP contribution in [0, 0.1) is 5.82 Å². The number of aromatic nitrogens is 3. The van der Waals surface area contributed by atoms with Crippen molar-refractivity contribution in [3.8, 4) is 0 Å². The molecule has 6 nitrogen and oxygen atoms in total. The van der Waals surface area contributed by atoms with Crippen molar-refractivity contribution in [1.82, 2.24) is 20.1 Å². The number of amides is 1. The number of nitrogens with one attached hydrogen (secondary N) is 1. The fourth-order valence-electron chi connectivity index (χ4n) is 2.31. The maximum atomic E-state index is 12.8. The smallest absolute Gasteiger partial charge is 0.291 e. The number of benzene rings is 2. The molecular formula is C18H17FN4O2. The molecule has 0 radical (unpaired) electrons. The Hall–Kier alpha value is -3.06. The molecule has 3 rings (SSSR count). The van der Waals surface area contributed by atoms with Crippen molar-refractivity contribution in [2.75, 3.05) is 0 Å². The predicted octanol–water partition coefficient (Wildman–Crippen LogP) is 2.08. The minimum Gasteiger partial charge on any atom is -0.386 e. The monoisotopic (exact) mass is 340 g/mol. The van der Waals surface area contributed by atoms with Crippen LogP contribution in [-0.2, 0) is 13.1 Å². The molecule has 25 heavy (non-hydrogen) atoms. The molecule has 2 N–H and O–H groups in total. The van der Waals surface area contributed by atoms with Gasteiger partial charge in [-0.1, -0.05) is 42.5 Å². The predicted molar refractivity (Wildman–Crippen MR) is 89.0 cm³/mol. The molecule has 1 atom stereocenters. The largest absolute Gasteiger partial charge is 0.386 e. The molecular weight excluding hydrogens is 323 g/mol. The van der Waals surface area contributed by atoms with Gasteiger partial charge in [0.25, 0.3) is 5.91 Å². The molecule has 0 aliphatic carbocycles. The van der Waals surface area contributed by atoms with Gasteiger partial charge in [0.15, 0.2) is 0 Å². The first-order valence-electron chi connectivity index (χ1n) is 7.77. The molecule has 1 aromatic heterocycles. The van der Waals surface area contributed by atoms with Gasteiger partial charge in [-0.3, -0.25) is 4.79 Å². The lowest BCUT2D eigenvalue weighted by Crippen LogP contribution is -2.24. The summed E-state index contributed by atoms with van der Waals surface area (Å²) in [6.07, 6.45) is 0.664. The Balaban J connectivity index is 1.57. The molecule has 0 bridgehead atoms. The molecule has 0 aliphatic rings. The molecule has 3 aromatic rings. The van der Waals surface area contributed by atoms with Gasteiger partial charge in [-0.2, -0.15) is 0 Å². The van der Waals surface area contributed by atoms with E-state index in [9.17, 15) is 14.3 Å². The van der Waals surface area contributed by atoms with Crippen LogP contribution in [0.2, 0.25) is 0 Å². The summed E-state index contributed by atoms with van der Waals surface area (Å²) in [5.41, 5.74) is 1.54. The number of carbonyl (C=O) groups is 1. The number of aliphatic hydroxyl groups is 1. The number of halogens is 1. The summed E-state index contributed by atoms with van der Waals surface area (Å²) in [7, 11) is 0. The van der Waals surface area contributed by atoms with Crippen LogP contribution in [0.15, 0.2) is 60.9 Å². The van der Waals surface area contributed by atoms with Crippen molar-refractivity contribution >= 4 is 5.91 Å². The zero-order chi connectivity index (χ0) is 17.6. The summed E-state index contributed by atoms with van der Waals surface area (Å²) < 4.78 is 14.3. The van der Waals surface area contributed by atoms with Crippen LogP contribution in [0.1, 0.15) is 27.8 Å². The van der Waals surface area contributed by atoms with E-state index in [0.717, 1.165) is 11.1 Å². The normalized spacial score (nSPS) is 11.9. The number of nitrogens with zero attached hydrogens (tertiary/aromatic N) is 3. The van der Waals surface area contributed by atoms with E-state index in [0.29, 0.717) is 0 Å². The van der Waals surface area contributed by atoms with E-state index in [4.69, 9.17) is 0 Å². The third kappa shape index (κ3) is 4.48. The van der Waals surface area contributed by atoms with Crippen LogP contribution < -0.4 is 5.32 Å². The maximum absolute atomic E-state index is 12.8.